The zero-order valence-corrected chi connectivity index (χ0v) is 10.7. The van der Waals surface area contributed by atoms with Crippen molar-refractivity contribution < 1.29 is 19.7 Å². The number of aliphatic carboxylic acids is 1. The van der Waals surface area contributed by atoms with Crippen LogP contribution in [0.2, 0.25) is 0 Å². The number of hydrogen-bond acceptors (Lipinski definition) is 4. The summed E-state index contributed by atoms with van der Waals surface area (Å²) in [5.41, 5.74) is 0.117. The predicted octanol–water partition coefficient (Wildman–Crippen LogP) is 0.943. The van der Waals surface area contributed by atoms with E-state index in [0.717, 1.165) is 0 Å². The molecule has 5 nitrogen and oxygen atoms in total. The number of ether oxygens (including phenoxy) is 1. The van der Waals surface area contributed by atoms with Crippen molar-refractivity contribution in [1.29, 1.82) is 0 Å². The van der Waals surface area contributed by atoms with Crippen LogP contribution in [0.4, 0.5) is 0 Å². The maximum Gasteiger partial charge on any atom is 0.325 e. The summed E-state index contributed by atoms with van der Waals surface area (Å²) in [4.78, 5) is 11.5. The SMILES string of the molecule is O=C(O)C(NC1(CO)CCOCC1)c1ccccc1. The van der Waals surface area contributed by atoms with Crippen LogP contribution in [0.5, 0.6) is 0 Å². The second-order valence-corrected chi connectivity index (χ2v) is 4.88. The molecule has 0 aromatic heterocycles. The molecular formula is C14H19NO4. The summed E-state index contributed by atoms with van der Waals surface area (Å²) in [6.07, 6.45) is 1.22. The summed E-state index contributed by atoms with van der Waals surface area (Å²) in [5, 5.41) is 22.1. The van der Waals surface area contributed by atoms with Crippen LogP contribution in [0.1, 0.15) is 24.4 Å². The highest BCUT2D eigenvalue weighted by atomic mass is 16.5. The third kappa shape index (κ3) is 3.32. The van der Waals surface area contributed by atoms with E-state index in [1.54, 1.807) is 12.1 Å². The first-order valence-corrected chi connectivity index (χ1v) is 6.41. The van der Waals surface area contributed by atoms with Crippen LogP contribution in [-0.4, -0.2) is 41.5 Å². The van der Waals surface area contributed by atoms with Crippen LogP contribution in [0.3, 0.4) is 0 Å². The fourth-order valence-electron chi connectivity index (χ4n) is 2.35. The molecule has 1 aliphatic rings. The Morgan fingerprint density at radius 2 is 1.95 bits per heavy atom. The van der Waals surface area contributed by atoms with Gasteiger partial charge in [-0.15, -0.1) is 0 Å². The standard InChI is InChI=1S/C14H19NO4/c16-10-14(6-8-19-9-7-14)15-12(13(17)18)11-4-2-1-3-5-11/h1-5,12,15-16H,6-10H2,(H,17,18). The van der Waals surface area contributed by atoms with E-state index in [-0.39, 0.29) is 6.61 Å². The molecule has 1 aromatic rings. The molecule has 1 heterocycles. The van der Waals surface area contributed by atoms with Gasteiger partial charge in [0.05, 0.1) is 6.61 Å². The van der Waals surface area contributed by atoms with Crippen molar-refractivity contribution in [2.24, 2.45) is 0 Å². The van der Waals surface area contributed by atoms with Gasteiger partial charge in [-0.25, -0.2) is 0 Å². The van der Waals surface area contributed by atoms with Crippen LogP contribution in [0, 0.1) is 0 Å². The first kappa shape index (κ1) is 14.0. The highest BCUT2D eigenvalue weighted by Crippen LogP contribution is 2.25. The van der Waals surface area contributed by atoms with Crippen molar-refractivity contribution in [2.75, 3.05) is 19.8 Å². The zero-order valence-electron chi connectivity index (χ0n) is 10.7. The maximum atomic E-state index is 11.5. The molecule has 1 unspecified atom stereocenters. The number of carbonyl (C=O) groups is 1. The average molecular weight is 265 g/mol. The van der Waals surface area contributed by atoms with E-state index in [1.807, 2.05) is 18.2 Å². The Morgan fingerprint density at radius 3 is 2.47 bits per heavy atom. The Bertz CT molecular complexity index is 415. The molecule has 1 aliphatic heterocycles. The minimum atomic E-state index is -0.939. The minimum Gasteiger partial charge on any atom is -0.480 e. The monoisotopic (exact) mass is 265 g/mol. The number of aliphatic hydroxyl groups is 1. The summed E-state index contributed by atoms with van der Waals surface area (Å²) in [5.74, 6) is -0.939. The van der Waals surface area contributed by atoms with Gasteiger partial charge in [0.2, 0.25) is 0 Å². The molecule has 0 amide bonds. The lowest BCUT2D eigenvalue weighted by Crippen LogP contribution is -2.54. The summed E-state index contributed by atoms with van der Waals surface area (Å²) < 4.78 is 5.28. The molecule has 1 aromatic carbocycles. The number of carboxylic acid groups (broad SMARTS) is 1. The molecule has 0 radical (unpaired) electrons. The van der Waals surface area contributed by atoms with Crippen LogP contribution in [-0.2, 0) is 9.53 Å². The lowest BCUT2D eigenvalue weighted by atomic mass is 9.89. The van der Waals surface area contributed by atoms with Crippen molar-refractivity contribution in [3.8, 4) is 0 Å². The normalized spacial score (nSPS) is 19.8. The predicted molar refractivity (Wildman–Crippen MR) is 69.8 cm³/mol. The van der Waals surface area contributed by atoms with E-state index in [9.17, 15) is 15.0 Å². The average Bonchev–Trinajstić information content (AvgIpc) is 2.46. The zero-order chi connectivity index (χ0) is 13.7. The Balaban J connectivity index is 2.18. The maximum absolute atomic E-state index is 11.5. The van der Waals surface area contributed by atoms with Gasteiger partial charge in [0, 0.05) is 18.8 Å². The first-order valence-electron chi connectivity index (χ1n) is 6.41. The highest BCUT2D eigenvalue weighted by Gasteiger charge is 2.36. The van der Waals surface area contributed by atoms with Crippen molar-refractivity contribution in [3.05, 3.63) is 35.9 Å². The van der Waals surface area contributed by atoms with Crippen molar-refractivity contribution in [1.82, 2.24) is 5.32 Å². The van der Waals surface area contributed by atoms with E-state index in [2.05, 4.69) is 5.32 Å². The summed E-state index contributed by atoms with van der Waals surface area (Å²) in [7, 11) is 0. The topological polar surface area (TPSA) is 78.8 Å². The van der Waals surface area contributed by atoms with Gasteiger partial charge in [-0.3, -0.25) is 10.1 Å². The smallest absolute Gasteiger partial charge is 0.325 e. The van der Waals surface area contributed by atoms with Gasteiger partial charge in [0.1, 0.15) is 6.04 Å². The first-order chi connectivity index (χ1) is 9.17. The molecule has 3 N–H and O–H groups in total. The molecule has 1 fully saturated rings. The molecule has 1 saturated heterocycles. The Morgan fingerprint density at radius 1 is 1.32 bits per heavy atom. The summed E-state index contributed by atoms with van der Waals surface area (Å²) in [6, 6.07) is 8.20. The minimum absolute atomic E-state index is 0.0903. The number of nitrogens with one attached hydrogen (secondary N) is 1. The Kier molecular flexibility index (Phi) is 4.52. The van der Waals surface area contributed by atoms with Gasteiger partial charge in [0.25, 0.3) is 0 Å². The van der Waals surface area contributed by atoms with E-state index >= 15 is 0 Å². The van der Waals surface area contributed by atoms with Gasteiger partial charge in [-0.2, -0.15) is 0 Å². The van der Waals surface area contributed by atoms with Crippen LogP contribution in [0.25, 0.3) is 0 Å². The molecule has 0 saturated carbocycles. The Labute approximate surface area is 112 Å². The lowest BCUT2D eigenvalue weighted by molar-refractivity contribution is -0.141. The number of hydrogen-bond donors (Lipinski definition) is 3. The van der Waals surface area contributed by atoms with E-state index in [0.29, 0.717) is 31.6 Å². The van der Waals surface area contributed by atoms with Gasteiger partial charge < -0.3 is 14.9 Å². The molecule has 0 bridgehead atoms. The third-order valence-electron chi connectivity index (χ3n) is 3.58. The van der Waals surface area contributed by atoms with Crippen LogP contribution < -0.4 is 5.32 Å². The largest absolute Gasteiger partial charge is 0.480 e. The molecule has 104 valence electrons. The molecule has 5 heteroatoms. The molecule has 19 heavy (non-hydrogen) atoms. The number of aliphatic hydroxyl groups excluding tert-OH is 1. The molecule has 2 rings (SSSR count). The van der Waals surface area contributed by atoms with E-state index in [1.165, 1.54) is 0 Å². The van der Waals surface area contributed by atoms with Crippen molar-refractivity contribution in [3.63, 3.8) is 0 Å². The van der Waals surface area contributed by atoms with Crippen LogP contribution in [0.15, 0.2) is 30.3 Å². The fraction of sp³-hybridized carbons (Fsp3) is 0.500. The fourth-order valence-corrected chi connectivity index (χ4v) is 2.35. The van der Waals surface area contributed by atoms with Crippen molar-refractivity contribution >= 4 is 5.97 Å². The lowest BCUT2D eigenvalue weighted by Gasteiger charge is -2.38. The Hall–Kier alpha value is -1.43. The number of benzene rings is 1. The summed E-state index contributed by atoms with van der Waals surface area (Å²) in [6.45, 7) is 0.982. The highest BCUT2D eigenvalue weighted by molar-refractivity contribution is 5.75. The van der Waals surface area contributed by atoms with Crippen LogP contribution >= 0.6 is 0 Å². The molecule has 0 aliphatic carbocycles. The van der Waals surface area contributed by atoms with Crippen molar-refractivity contribution in [2.45, 2.75) is 24.4 Å². The number of carboxylic acids is 1. The van der Waals surface area contributed by atoms with Gasteiger partial charge in [-0.1, -0.05) is 30.3 Å². The van der Waals surface area contributed by atoms with Gasteiger partial charge >= 0.3 is 5.97 Å². The van der Waals surface area contributed by atoms with E-state index in [4.69, 9.17) is 4.74 Å². The summed E-state index contributed by atoms with van der Waals surface area (Å²) >= 11 is 0. The van der Waals surface area contributed by atoms with Gasteiger partial charge in [0.15, 0.2) is 0 Å². The molecule has 1 atom stereocenters. The number of rotatable bonds is 5. The second kappa shape index (κ2) is 6.14. The molecular weight excluding hydrogens is 246 g/mol. The third-order valence-corrected chi connectivity index (χ3v) is 3.58. The quantitative estimate of drug-likeness (QED) is 0.738. The van der Waals surface area contributed by atoms with E-state index < -0.39 is 17.6 Å². The second-order valence-electron chi connectivity index (χ2n) is 4.88. The molecule has 0 spiro atoms. The van der Waals surface area contributed by atoms with Gasteiger partial charge in [-0.05, 0) is 18.4 Å².